The number of rotatable bonds is 5. The topological polar surface area (TPSA) is 9.23 Å². The summed E-state index contributed by atoms with van der Waals surface area (Å²) < 4.78 is 7.92. The molecule has 1 aliphatic rings. The zero-order valence-corrected chi connectivity index (χ0v) is 25.4. The van der Waals surface area contributed by atoms with E-state index in [1.807, 2.05) is 0 Å². The summed E-state index contributed by atoms with van der Waals surface area (Å²) in [6.45, 7) is 29.7. The Labute approximate surface area is 165 Å². The molecular formula is C17H43OSeSi5. The Kier molecular flexibility index (Phi) is 6.19. The van der Waals surface area contributed by atoms with Gasteiger partial charge in [-0.25, -0.2) is 0 Å². The van der Waals surface area contributed by atoms with E-state index in [4.69, 9.17) is 4.43 Å². The second-order valence-electron chi connectivity index (χ2n) is 12.1. The molecule has 0 aliphatic carbocycles. The maximum atomic E-state index is 6.86. The molecule has 1 radical (unpaired) electrons. The van der Waals surface area contributed by atoms with Crippen LogP contribution in [0.15, 0.2) is 0 Å². The van der Waals surface area contributed by atoms with Gasteiger partial charge in [-0.2, -0.15) is 0 Å². The molecule has 1 rings (SSSR count). The van der Waals surface area contributed by atoms with Crippen LogP contribution in [0, 0.1) is 0 Å². The molecule has 0 aromatic rings. The van der Waals surface area contributed by atoms with E-state index in [-0.39, 0.29) is 0 Å². The zero-order valence-electron chi connectivity index (χ0n) is 18.7. The van der Waals surface area contributed by atoms with Gasteiger partial charge in [0.1, 0.15) is 0 Å². The quantitative estimate of drug-likeness (QED) is 0.435. The minimum atomic E-state index is -2.04. The molecule has 1 heterocycles. The molecule has 0 unspecified atom stereocenters. The van der Waals surface area contributed by atoms with Crippen molar-refractivity contribution in [3.8, 4) is 0 Å². The van der Waals surface area contributed by atoms with E-state index in [9.17, 15) is 0 Å². The third-order valence-corrected chi connectivity index (χ3v) is 54.5. The third-order valence-electron chi connectivity index (χ3n) is 7.41. The molecule has 0 amide bonds. The number of hydrogen-bond donors (Lipinski definition) is 0. The molecule has 0 aromatic carbocycles. The molecule has 0 aromatic heterocycles. The van der Waals surface area contributed by atoms with Crippen LogP contribution in [0.4, 0.5) is 0 Å². The molecule has 0 saturated carbocycles. The van der Waals surface area contributed by atoms with E-state index in [1.165, 1.54) is 12.8 Å². The van der Waals surface area contributed by atoms with E-state index in [0.29, 0.717) is 8.57 Å². The Hall–Kier alpha value is 1.56. The molecule has 7 heteroatoms. The second kappa shape index (κ2) is 6.29. The minimum absolute atomic E-state index is 0.530. The van der Waals surface area contributed by atoms with E-state index >= 15 is 0 Å². The van der Waals surface area contributed by atoms with Crippen LogP contribution in [0.1, 0.15) is 12.8 Å². The van der Waals surface area contributed by atoms with Gasteiger partial charge in [0.05, 0.1) is 0 Å². The van der Waals surface area contributed by atoms with E-state index < -0.39 is 39.2 Å². The second-order valence-corrected chi connectivity index (χ2v) is 43.5. The summed E-state index contributed by atoms with van der Waals surface area (Å²) in [4.78, 5) is 0. The van der Waals surface area contributed by atoms with E-state index in [1.54, 1.807) is 0 Å². The first-order valence-corrected chi connectivity index (χ1v) is 27.9. The third kappa shape index (κ3) is 2.79. The van der Waals surface area contributed by atoms with Gasteiger partial charge in [0.25, 0.3) is 0 Å². The molecular weight excluding hydrogens is 440 g/mol. The Morgan fingerprint density at radius 1 is 0.625 bits per heavy atom. The molecule has 1 aliphatic heterocycles. The van der Waals surface area contributed by atoms with Crippen LogP contribution in [0.3, 0.4) is 0 Å². The Morgan fingerprint density at radius 2 is 0.833 bits per heavy atom. The van der Waals surface area contributed by atoms with Crippen LogP contribution in [-0.2, 0) is 4.43 Å². The molecule has 0 bridgehead atoms. The van der Waals surface area contributed by atoms with Gasteiger partial charge in [-0.05, 0) is 0 Å². The van der Waals surface area contributed by atoms with Gasteiger partial charge >= 0.3 is 166 Å². The van der Waals surface area contributed by atoms with Gasteiger partial charge in [-0.3, -0.25) is 0 Å². The fourth-order valence-corrected chi connectivity index (χ4v) is 76.5. The van der Waals surface area contributed by atoms with Crippen LogP contribution in [0.2, 0.25) is 87.1 Å². The van der Waals surface area contributed by atoms with Crippen LogP contribution < -0.4 is 0 Å². The van der Waals surface area contributed by atoms with Crippen molar-refractivity contribution in [2.75, 3.05) is 7.11 Å². The van der Waals surface area contributed by atoms with Gasteiger partial charge in [0.2, 0.25) is 0 Å². The van der Waals surface area contributed by atoms with E-state index in [2.05, 4.69) is 101 Å². The summed E-state index contributed by atoms with van der Waals surface area (Å²) in [7, 11) is -3.52. The maximum absolute atomic E-state index is 6.86. The van der Waals surface area contributed by atoms with Crippen molar-refractivity contribution in [3.05, 3.63) is 0 Å². The van der Waals surface area contributed by atoms with Gasteiger partial charge < -0.3 is 0 Å². The standard InChI is InChI=1S/C17H43OSeSi5/c1-18-24(19)16(20(2,3)4,21(5,6)7)14-15-17(24,22(8,9)10)23(11,12)13/h14-15H2,1-13H3. The Morgan fingerprint density at radius 3 is 0.958 bits per heavy atom. The van der Waals surface area contributed by atoms with Crippen LogP contribution in [-0.4, -0.2) is 61.7 Å². The average molecular weight is 483 g/mol. The zero-order chi connectivity index (χ0) is 19.6. The monoisotopic (exact) mass is 483 g/mol. The normalized spacial score (nSPS) is 24.2. The first-order valence-electron chi connectivity index (χ1n) is 9.52. The van der Waals surface area contributed by atoms with Gasteiger partial charge in [-0.15, -0.1) is 0 Å². The summed E-state index contributed by atoms with van der Waals surface area (Å²) in [5.41, 5.74) is 0. The number of hydrogen-bond acceptors (Lipinski definition) is 1. The molecule has 0 atom stereocenters. The molecule has 1 nitrogen and oxygen atoms in total. The SMILES string of the molecule is CO[Si]1([Se])C([Si](C)(C)C)([Si](C)(C)C)CCC1([Si](C)(C)C)[Si](C)(C)C. The van der Waals surface area contributed by atoms with Crippen LogP contribution >= 0.6 is 0 Å². The van der Waals surface area contributed by atoms with Gasteiger partial charge in [-0.1, -0.05) is 0 Å². The van der Waals surface area contributed by atoms with Crippen molar-refractivity contribution in [2.24, 2.45) is 0 Å². The summed E-state index contributed by atoms with van der Waals surface area (Å²) >= 11 is 3.97. The molecule has 1 fully saturated rings. The van der Waals surface area contributed by atoms with Crippen molar-refractivity contribution >= 4 is 54.6 Å². The summed E-state index contributed by atoms with van der Waals surface area (Å²) in [6, 6.07) is 0. The Bertz CT molecular complexity index is 411. The molecule has 0 spiro atoms. The predicted molar refractivity (Wildman–Crippen MR) is 127 cm³/mol. The van der Waals surface area contributed by atoms with Crippen LogP contribution in [0.5, 0.6) is 0 Å². The van der Waals surface area contributed by atoms with Gasteiger partial charge in [0, 0.05) is 0 Å². The fourth-order valence-electron chi connectivity index (χ4n) is 7.14. The average Bonchev–Trinajstić information content (AvgIpc) is 2.58. The predicted octanol–water partition coefficient (Wildman–Crippen LogP) is 6.03. The Balaban J connectivity index is 3.99. The fraction of sp³-hybridized carbons (Fsp3) is 1.00. The molecule has 143 valence electrons. The molecule has 24 heavy (non-hydrogen) atoms. The first kappa shape index (κ1) is 23.6. The molecule has 0 N–H and O–H groups in total. The molecule has 1 saturated heterocycles. The van der Waals surface area contributed by atoms with Crippen molar-refractivity contribution in [2.45, 2.75) is 100.0 Å². The summed E-state index contributed by atoms with van der Waals surface area (Å²) in [5, 5.41) is 0. The van der Waals surface area contributed by atoms with Crippen molar-refractivity contribution in [3.63, 3.8) is 0 Å². The van der Waals surface area contributed by atoms with Crippen molar-refractivity contribution in [1.29, 1.82) is 0 Å². The van der Waals surface area contributed by atoms with Crippen LogP contribution in [0.25, 0.3) is 0 Å². The summed E-state index contributed by atoms with van der Waals surface area (Å²) in [5.74, 6) is 0. The van der Waals surface area contributed by atoms with Crippen molar-refractivity contribution in [1.82, 2.24) is 0 Å². The first-order chi connectivity index (χ1) is 10.3. The van der Waals surface area contributed by atoms with Crippen molar-refractivity contribution < 1.29 is 4.43 Å². The summed E-state index contributed by atoms with van der Waals surface area (Å²) in [6.07, 6.45) is 2.89. The van der Waals surface area contributed by atoms with Gasteiger partial charge in [0.15, 0.2) is 0 Å². The van der Waals surface area contributed by atoms with E-state index in [0.717, 1.165) is 0 Å².